The van der Waals surface area contributed by atoms with Crippen LogP contribution >= 0.6 is 11.8 Å². The molecule has 0 saturated heterocycles. The Hall–Kier alpha value is -5.62. The van der Waals surface area contributed by atoms with Crippen molar-refractivity contribution >= 4 is 44.1 Å². The molecule has 352 valence electrons. The summed E-state index contributed by atoms with van der Waals surface area (Å²) in [4.78, 5) is 22.7. The third-order valence-electron chi connectivity index (χ3n) is 13.2. The van der Waals surface area contributed by atoms with Crippen LogP contribution in [0.2, 0.25) is 0 Å². The second kappa shape index (κ2) is 21.1. The van der Waals surface area contributed by atoms with E-state index < -0.39 is 32.7 Å². The summed E-state index contributed by atoms with van der Waals surface area (Å²) >= 11 is 1.64. The van der Waals surface area contributed by atoms with Crippen molar-refractivity contribution in [3.05, 3.63) is 149 Å². The van der Waals surface area contributed by atoms with Gasteiger partial charge < -0.3 is 29.3 Å². The highest BCUT2D eigenvalue weighted by Gasteiger charge is 2.65. The molecule has 3 aliphatic rings. The summed E-state index contributed by atoms with van der Waals surface area (Å²) in [7, 11) is -2.80. The van der Waals surface area contributed by atoms with Crippen LogP contribution in [-0.4, -0.2) is 83.5 Å². The number of nitrogens with zero attached hydrogens (tertiary/aromatic N) is 4. The minimum absolute atomic E-state index is 0.0108. The maximum atomic E-state index is 15.3. The Balaban J connectivity index is 1.32. The van der Waals surface area contributed by atoms with Crippen LogP contribution < -0.4 is 9.47 Å². The average Bonchev–Trinajstić information content (AvgIpc) is 3.34. The molecular formula is C51H56N4O10S2. The first-order valence-corrected chi connectivity index (χ1v) is 25.3. The van der Waals surface area contributed by atoms with Crippen LogP contribution in [0.1, 0.15) is 62.0 Å². The van der Waals surface area contributed by atoms with Gasteiger partial charge >= 0.3 is 0 Å². The molecule has 1 aromatic heterocycles. The summed E-state index contributed by atoms with van der Waals surface area (Å²) in [6.07, 6.45) is 11.6. The average molecular weight is 949 g/mol. The van der Waals surface area contributed by atoms with E-state index in [9.17, 15) is 20.3 Å². The summed E-state index contributed by atoms with van der Waals surface area (Å²) in [6.45, 7) is 4.10. The number of ether oxygens (including phenoxy) is 3. The van der Waals surface area contributed by atoms with E-state index in [2.05, 4.69) is 17.6 Å². The highest BCUT2D eigenvalue weighted by molar-refractivity contribution is 7.98. The Morgan fingerprint density at radius 1 is 0.985 bits per heavy atom. The Bertz CT molecular complexity index is 2730. The molecule has 5 aromatic rings. The zero-order valence-corrected chi connectivity index (χ0v) is 39.2. The molecule has 0 amide bonds. The number of hydrogen-bond acceptors (Lipinski definition) is 13. The third-order valence-corrected chi connectivity index (χ3v) is 15.8. The molecule has 6 atom stereocenters. The van der Waals surface area contributed by atoms with E-state index in [1.807, 2.05) is 60.9 Å². The van der Waals surface area contributed by atoms with Gasteiger partial charge in [-0.25, -0.2) is 8.42 Å². The molecule has 0 spiro atoms. The predicted molar refractivity (Wildman–Crippen MR) is 258 cm³/mol. The fourth-order valence-corrected chi connectivity index (χ4v) is 12.0. The number of likely N-dealkylation sites (N-methyl/N-ethyl adjacent to an activating group) is 1. The number of allylic oxidation sites excluding steroid dienone is 1. The van der Waals surface area contributed by atoms with Crippen molar-refractivity contribution in [1.82, 2.24) is 9.29 Å². The number of hydrogen-bond donors (Lipinski definition) is 2. The van der Waals surface area contributed by atoms with Crippen LogP contribution in [0.4, 0.5) is 5.69 Å². The number of unbranched alkanes of at least 4 members (excludes halogenated alkanes) is 2. The van der Waals surface area contributed by atoms with E-state index in [1.54, 1.807) is 54.4 Å². The maximum absolute atomic E-state index is 15.3. The van der Waals surface area contributed by atoms with Gasteiger partial charge in [0.2, 0.25) is 15.8 Å². The summed E-state index contributed by atoms with van der Waals surface area (Å²) in [5.74, 6) is -0.971. The van der Waals surface area contributed by atoms with Crippen LogP contribution in [0.25, 0.3) is 10.9 Å². The first-order chi connectivity index (χ1) is 32.5. The molecule has 1 aliphatic heterocycles. The lowest BCUT2D eigenvalue weighted by Crippen LogP contribution is -2.69. The van der Waals surface area contributed by atoms with E-state index in [4.69, 9.17) is 24.2 Å². The largest absolute Gasteiger partial charge is 0.460 e. The number of fused-ring (bicyclic) bond motifs is 3. The number of pyridine rings is 1. The first-order valence-electron chi connectivity index (χ1n) is 22.6. The van der Waals surface area contributed by atoms with Gasteiger partial charge in [0.15, 0.2) is 0 Å². The Labute approximate surface area is 395 Å². The van der Waals surface area contributed by atoms with Crippen molar-refractivity contribution in [3.8, 4) is 17.2 Å². The number of aliphatic hydroxyl groups excluding tert-OH is 2. The molecule has 1 fully saturated rings. The molecular weight excluding hydrogens is 893 g/mol. The SMILES string of the molecule is C=CCOC12Oc3ccc(Oc4ccc(SC)cc4)cc3C3C(CCCCO)C(CCCCO)C=C(C(=NOCc4ccc([N+](=O)[O-])cc4)CC1N(C)S(=O)(=O)c1cccc4cccnc14)C32. The van der Waals surface area contributed by atoms with Gasteiger partial charge in [-0.05, 0) is 122 Å². The van der Waals surface area contributed by atoms with Crippen molar-refractivity contribution in [2.24, 2.45) is 22.9 Å². The smallest absolute Gasteiger partial charge is 0.269 e. The summed E-state index contributed by atoms with van der Waals surface area (Å²) in [6, 6.07) is 27.3. The fourth-order valence-electron chi connectivity index (χ4n) is 10.1. The zero-order valence-electron chi connectivity index (χ0n) is 37.6. The molecule has 1 saturated carbocycles. The first kappa shape index (κ1) is 47.9. The fraction of sp³-hybridized carbons (Fsp3) is 0.373. The highest BCUT2D eigenvalue weighted by atomic mass is 32.2. The number of para-hydroxylation sites is 1. The molecule has 0 radical (unpaired) electrons. The molecule has 2 heterocycles. The zero-order chi connectivity index (χ0) is 47.1. The van der Waals surface area contributed by atoms with Crippen molar-refractivity contribution in [1.29, 1.82) is 0 Å². The Morgan fingerprint density at radius 3 is 2.43 bits per heavy atom. The minimum atomic E-state index is -4.34. The second-order valence-corrected chi connectivity index (χ2v) is 19.9. The van der Waals surface area contributed by atoms with Crippen molar-refractivity contribution in [3.63, 3.8) is 0 Å². The number of nitro benzene ring substituents is 1. The van der Waals surface area contributed by atoms with Gasteiger partial charge in [-0.15, -0.1) is 18.3 Å². The van der Waals surface area contributed by atoms with Gasteiger partial charge in [-0.2, -0.15) is 4.31 Å². The molecule has 67 heavy (non-hydrogen) atoms. The summed E-state index contributed by atoms with van der Waals surface area (Å²) < 4.78 is 52.7. The normalized spacial score (nSPS) is 22.7. The van der Waals surface area contributed by atoms with Crippen LogP contribution in [0, 0.1) is 27.9 Å². The lowest BCUT2D eigenvalue weighted by Gasteiger charge is -2.59. The van der Waals surface area contributed by atoms with Crippen molar-refractivity contribution in [2.45, 2.75) is 79.1 Å². The molecule has 2 N–H and O–H groups in total. The molecule has 2 aliphatic carbocycles. The summed E-state index contributed by atoms with van der Waals surface area (Å²) in [5, 5.41) is 36.9. The number of sulfonamides is 1. The van der Waals surface area contributed by atoms with Gasteiger partial charge in [-0.3, -0.25) is 15.1 Å². The number of benzene rings is 4. The van der Waals surface area contributed by atoms with E-state index in [1.165, 1.54) is 23.5 Å². The second-order valence-electron chi connectivity index (χ2n) is 17.1. The highest BCUT2D eigenvalue weighted by Crippen LogP contribution is 2.62. The molecule has 4 aromatic carbocycles. The van der Waals surface area contributed by atoms with Gasteiger partial charge in [0, 0.05) is 66.8 Å². The van der Waals surface area contributed by atoms with Crippen LogP contribution in [0.5, 0.6) is 17.2 Å². The number of nitro groups is 1. The molecule has 6 unspecified atom stereocenters. The number of rotatable bonds is 21. The lowest BCUT2D eigenvalue weighted by molar-refractivity contribution is -0.384. The standard InChI is InChI=1S/C51H56N4O10S2/c1-4-29-62-51-47(54(2)67(60,61)46-15-9-12-35-13-10-26-52-50(35)46)32-44(53-63-33-34-16-18-37(19-17-34)55(58)59)42-30-36(11-5-7-27-56)41(14-6-8-28-57)48(49(42)51)43-31-39(22-25-45(43)65-51)64-38-20-23-40(66-3)24-21-38/h4,9-10,12-13,15-26,30-31,36,41,47-49,56-57H,1,5-8,11,14,27-29,32-33H2,2-3H3. The summed E-state index contributed by atoms with van der Waals surface area (Å²) in [5.41, 5.74) is 3.09. The topological polar surface area (TPSA) is 183 Å². The number of aromatic nitrogens is 1. The number of oxime groups is 1. The maximum Gasteiger partial charge on any atom is 0.269 e. The number of non-ortho nitro benzene ring substituents is 1. The van der Waals surface area contributed by atoms with Crippen molar-refractivity contribution in [2.75, 3.05) is 33.1 Å². The molecule has 8 rings (SSSR count). The van der Waals surface area contributed by atoms with Crippen LogP contribution in [0.3, 0.4) is 0 Å². The van der Waals surface area contributed by atoms with Gasteiger partial charge in [0.25, 0.3) is 5.69 Å². The van der Waals surface area contributed by atoms with Gasteiger partial charge in [0.1, 0.15) is 28.8 Å². The monoisotopic (exact) mass is 948 g/mol. The number of thioether (sulfide) groups is 1. The Morgan fingerprint density at radius 2 is 1.72 bits per heavy atom. The van der Waals surface area contributed by atoms with E-state index in [-0.39, 0.29) is 61.2 Å². The Kier molecular flexibility index (Phi) is 15.1. The van der Waals surface area contributed by atoms with Gasteiger partial charge in [-0.1, -0.05) is 48.3 Å². The van der Waals surface area contributed by atoms with Gasteiger partial charge in [0.05, 0.1) is 34.7 Å². The van der Waals surface area contributed by atoms with E-state index in [0.717, 1.165) is 41.7 Å². The van der Waals surface area contributed by atoms with Crippen LogP contribution in [0.15, 0.2) is 143 Å². The lowest BCUT2D eigenvalue weighted by atomic mass is 9.55. The predicted octanol–water partition coefficient (Wildman–Crippen LogP) is 9.81. The molecule has 0 bridgehead atoms. The quantitative estimate of drug-likeness (QED) is 0.0234. The molecule has 16 heteroatoms. The van der Waals surface area contributed by atoms with Crippen molar-refractivity contribution < 1.29 is 42.6 Å². The molecule has 14 nitrogen and oxygen atoms in total. The third kappa shape index (κ3) is 9.87. The van der Waals surface area contributed by atoms with E-state index >= 15 is 8.42 Å². The van der Waals surface area contributed by atoms with Crippen LogP contribution in [-0.2, 0) is 26.2 Å². The minimum Gasteiger partial charge on any atom is -0.460 e. The number of aliphatic hydroxyl groups is 2. The van der Waals surface area contributed by atoms with E-state index in [0.29, 0.717) is 52.3 Å².